The van der Waals surface area contributed by atoms with Crippen LogP contribution in [0.5, 0.6) is 0 Å². The third kappa shape index (κ3) is 5.86. The van der Waals surface area contributed by atoms with Gasteiger partial charge in [-0.1, -0.05) is 59.6 Å². The molecule has 2 amide bonds. The number of hydrogen-bond donors (Lipinski definition) is 2. The molecule has 0 aliphatic rings. The van der Waals surface area contributed by atoms with Gasteiger partial charge in [0.1, 0.15) is 0 Å². The van der Waals surface area contributed by atoms with Crippen LogP contribution in [0.1, 0.15) is 31.8 Å². The zero-order valence-electron chi connectivity index (χ0n) is 17.7. The molecule has 0 radical (unpaired) electrons. The van der Waals surface area contributed by atoms with Crippen LogP contribution in [0.4, 0.5) is 11.4 Å². The monoisotopic (exact) mass is 488 g/mol. The van der Waals surface area contributed by atoms with E-state index in [4.69, 9.17) is 23.2 Å². The van der Waals surface area contributed by atoms with Crippen molar-refractivity contribution in [2.24, 2.45) is 0 Å². The molecule has 0 saturated heterocycles. The van der Waals surface area contributed by atoms with E-state index in [-0.39, 0.29) is 22.1 Å². The highest BCUT2D eigenvalue weighted by atomic mass is 35.5. The number of amides is 2. The molecule has 0 spiro atoms. The number of benzene rings is 2. The van der Waals surface area contributed by atoms with Crippen LogP contribution in [0.25, 0.3) is 12.2 Å². The van der Waals surface area contributed by atoms with Crippen LogP contribution in [0.3, 0.4) is 0 Å². The Morgan fingerprint density at radius 3 is 1.35 bits per heavy atom. The van der Waals surface area contributed by atoms with E-state index >= 15 is 0 Å². The second-order valence-electron chi connectivity index (χ2n) is 7.17. The maximum absolute atomic E-state index is 12.4. The topological polar surface area (TPSA) is 84.0 Å². The summed E-state index contributed by atoms with van der Waals surface area (Å²) in [6.07, 6.45) is 6.95. The molecule has 0 bridgehead atoms. The molecular formula is C26H18Cl2N4O2. The summed E-state index contributed by atoms with van der Waals surface area (Å²) in [5.41, 5.74) is 3.76. The van der Waals surface area contributed by atoms with E-state index in [9.17, 15) is 9.59 Å². The fraction of sp³-hybridized carbons (Fsp3) is 0. The van der Waals surface area contributed by atoms with Crippen molar-refractivity contribution < 1.29 is 9.59 Å². The molecule has 0 atom stereocenters. The van der Waals surface area contributed by atoms with Gasteiger partial charge in [-0.05, 0) is 59.7 Å². The van der Waals surface area contributed by atoms with Gasteiger partial charge in [0.15, 0.2) is 10.3 Å². The zero-order valence-corrected chi connectivity index (χ0v) is 19.2. The van der Waals surface area contributed by atoms with Gasteiger partial charge < -0.3 is 10.6 Å². The Morgan fingerprint density at radius 2 is 1.00 bits per heavy atom. The lowest BCUT2D eigenvalue weighted by Crippen LogP contribution is -2.12. The first-order chi connectivity index (χ1) is 16.5. The second kappa shape index (κ2) is 10.7. The normalized spacial score (nSPS) is 10.8. The Kier molecular flexibility index (Phi) is 7.32. The summed E-state index contributed by atoms with van der Waals surface area (Å²) in [7, 11) is 0. The first-order valence-corrected chi connectivity index (χ1v) is 11.0. The Morgan fingerprint density at radius 1 is 0.618 bits per heavy atom. The molecule has 0 aliphatic heterocycles. The number of carbonyl (C=O) groups is 2. The minimum absolute atomic E-state index is 0.236. The first kappa shape index (κ1) is 23.2. The number of pyridine rings is 2. The number of nitrogens with one attached hydrogen (secondary N) is 2. The fourth-order valence-electron chi connectivity index (χ4n) is 3.03. The summed E-state index contributed by atoms with van der Waals surface area (Å²) >= 11 is 12.0. The van der Waals surface area contributed by atoms with Crippen molar-refractivity contribution in [3.63, 3.8) is 0 Å². The third-order valence-electron chi connectivity index (χ3n) is 4.83. The molecule has 0 fully saturated rings. The van der Waals surface area contributed by atoms with E-state index in [1.165, 1.54) is 0 Å². The molecule has 0 aliphatic carbocycles. The molecule has 2 aromatic carbocycles. The summed E-state index contributed by atoms with van der Waals surface area (Å²) in [5, 5.41) is 5.95. The Hall–Kier alpha value is -4.00. The molecule has 4 aromatic rings. The average molecular weight is 489 g/mol. The molecule has 168 valence electrons. The van der Waals surface area contributed by atoms with E-state index in [1.54, 1.807) is 60.9 Å². The maximum atomic E-state index is 12.4. The van der Waals surface area contributed by atoms with Crippen LogP contribution in [0, 0.1) is 0 Å². The van der Waals surface area contributed by atoms with Gasteiger partial charge in [0.2, 0.25) is 0 Å². The van der Waals surface area contributed by atoms with E-state index < -0.39 is 0 Å². The molecule has 8 heteroatoms. The van der Waals surface area contributed by atoms with Crippen molar-refractivity contribution in [2.75, 3.05) is 10.6 Å². The second-order valence-corrected chi connectivity index (χ2v) is 7.89. The van der Waals surface area contributed by atoms with Gasteiger partial charge in [-0.3, -0.25) is 9.59 Å². The standard InChI is InChI=1S/C26H18Cl2N4O2/c27-23-21(3-1-15-29-23)31-25(33)19-11-7-17(8-12-19)5-6-18-9-13-20(14-10-18)26(34)32-22-4-2-16-30-24(22)28/h1-16H,(H,31,33)(H,32,34)/b6-5+. The molecular weight excluding hydrogens is 471 g/mol. The fourth-order valence-corrected chi connectivity index (χ4v) is 3.36. The van der Waals surface area contributed by atoms with Crippen LogP contribution in [0.15, 0.2) is 85.2 Å². The van der Waals surface area contributed by atoms with Crippen molar-refractivity contribution in [1.29, 1.82) is 0 Å². The van der Waals surface area contributed by atoms with E-state index in [1.807, 2.05) is 36.4 Å². The highest BCUT2D eigenvalue weighted by Crippen LogP contribution is 2.20. The number of carbonyl (C=O) groups excluding carboxylic acids is 2. The molecule has 2 N–H and O–H groups in total. The lowest BCUT2D eigenvalue weighted by Gasteiger charge is -2.07. The smallest absolute Gasteiger partial charge is 0.255 e. The number of halogens is 2. The van der Waals surface area contributed by atoms with Crippen LogP contribution in [0.2, 0.25) is 10.3 Å². The first-order valence-electron chi connectivity index (χ1n) is 10.2. The summed E-state index contributed by atoms with van der Waals surface area (Å²) < 4.78 is 0. The molecule has 0 unspecified atom stereocenters. The van der Waals surface area contributed by atoms with Gasteiger partial charge in [-0.25, -0.2) is 9.97 Å². The van der Waals surface area contributed by atoms with Crippen molar-refractivity contribution in [2.45, 2.75) is 0 Å². The van der Waals surface area contributed by atoms with Gasteiger partial charge in [0.25, 0.3) is 11.8 Å². The predicted molar refractivity (Wildman–Crippen MR) is 136 cm³/mol. The van der Waals surface area contributed by atoms with Crippen LogP contribution < -0.4 is 10.6 Å². The average Bonchev–Trinajstić information content (AvgIpc) is 2.86. The van der Waals surface area contributed by atoms with Crippen molar-refractivity contribution >= 4 is 58.5 Å². The highest BCUT2D eigenvalue weighted by molar-refractivity contribution is 6.33. The van der Waals surface area contributed by atoms with E-state index in [0.29, 0.717) is 22.5 Å². The minimum Gasteiger partial charge on any atom is -0.319 e. The lowest BCUT2D eigenvalue weighted by molar-refractivity contribution is 0.101. The third-order valence-corrected chi connectivity index (χ3v) is 5.43. The predicted octanol–water partition coefficient (Wildman–Crippen LogP) is 6.46. The van der Waals surface area contributed by atoms with Crippen LogP contribution >= 0.6 is 23.2 Å². The molecule has 4 rings (SSSR count). The molecule has 34 heavy (non-hydrogen) atoms. The quantitative estimate of drug-likeness (QED) is 0.241. The Bertz CT molecular complexity index is 1250. The number of nitrogens with zero attached hydrogens (tertiary/aromatic N) is 2. The Balaban J connectivity index is 1.37. The summed E-state index contributed by atoms with van der Waals surface area (Å²) in [6, 6.07) is 21.1. The van der Waals surface area contributed by atoms with E-state index in [2.05, 4.69) is 20.6 Å². The molecule has 2 aromatic heterocycles. The van der Waals surface area contributed by atoms with Crippen molar-refractivity contribution in [3.05, 3.63) is 118 Å². The Labute approximate surface area is 206 Å². The summed E-state index contributed by atoms with van der Waals surface area (Å²) in [6.45, 7) is 0. The SMILES string of the molecule is O=C(Nc1cccnc1Cl)c1ccc(/C=C/c2ccc(C(=O)Nc3cccnc3Cl)cc2)cc1. The van der Waals surface area contributed by atoms with Crippen molar-refractivity contribution in [3.8, 4) is 0 Å². The van der Waals surface area contributed by atoms with Crippen LogP contribution in [-0.4, -0.2) is 21.8 Å². The number of anilines is 2. The van der Waals surface area contributed by atoms with Gasteiger partial charge in [0.05, 0.1) is 11.4 Å². The summed E-state index contributed by atoms with van der Waals surface area (Å²) in [4.78, 5) is 32.7. The van der Waals surface area contributed by atoms with Crippen LogP contribution in [-0.2, 0) is 0 Å². The van der Waals surface area contributed by atoms with Gasteiger partial charge >= 0.3 is 0 Å². The largest absolute Gasteiger partial charge is 0.319 e. The van der Waals surface area contributed by atoms with Gasteiger partial charge in [0, 0.05) is 23.5 Å². The number of rotatable bonds is 6. The minimum atomic E-state index is -0.271. The molecule has 2 heterocycles. The number of hydrogen-bond acceptors (Lipinski definition) is 4. The zero-order chi connectivity index (χ0) is 23.9. The summed E-state index contributed by atoms with van der Waals surface area (Å²) in [5.74, 6) is -0.543. The lowest BCUT2D eigenvalue weighted by atomic mass is 10.1. The van der Waals surface area contributed by atoms with Gasteiger partial charge in [-0.15, -0.1) is 0 Å². The molecule has 6 nitrogen and oxygen atoms in total. The van der Waals surface area contributed by atoms with Crippen molar-refractivity contribution in [1.82, 2.24) is 9.97 Å². The van der Waals surface area contributed by atoms with Gasteiger partial charge in [-0.2, -0.15) is 0 Å². The maximum Gasteiger partial charge on any atom is 0.255 e. The van der Waals surface area contributed by atoms with E-state index in [0.717, 1.165) is 11.1 Å². The number of aromatic nitrogens is 2. The molecule has 0 saturated carbocycles. The highest BCUT2D eigenvalue weighted by Gasteiger charge is 2.09.